The molecule has 0 unspecified atom stereocenters. The summed E-state index contributed by atoms with van der Waals surface area (Å²) in [6.45, 7) is 2.43. The van der Waals surface area contributed by atoms with Crippen LogP contribution in [-0.2, 0) is 9.53 Å². The molecular weight excluding hydrogens is 250 g/mol. The Labute approximate surface area is 111 Å². The Balaban J connectivity index is 2.01. The van der Waals surface area contributed by atoms with Crippen LogP contribution in [0.25, 0.3) is 5.57 Å². The molecule has 3 rings (SSSR count). The first kappa shape index (κ1) is 11.6. The molecule has 0 bridgehead atoms. The van der Waals surface area contributed by atoms with Crippen LogP contribution in [-0.4, -0.2) is 30.6 Å². The van der Waals surface area contributed by atoms with Gasteiger partial charge in [0.1, 0.15) is 6.61 Å². The monoisotopic (exact) mass is 263 g/mol. The summed E-state index contributed by atoms with van der Waals surface area (Å²) in [6, 6.07) is 7.36. The Hall–Kier alpha value is -1.48. The Morgan fingerprint density at radius 2 is 1.78 bits per heavy atom. The number of carbonyl (C=O) groups is 1. The smallest absolute Gasteiger partial charge is 0.341 e. The summed E-state index contributed by atoms with van der Waals surface area (Å²) < 4.78 is 5.19. The van der Waals surface area contributed by atoms with Gasteiger partial charge in [0.25, 0.3) is 0 Å². The third-order valence-corrected chi connectivity index (χ3v) is 3.71. The van der Waals surface area contributed by atoms with E-state index in [1.165, 1.54) is 12.8 Å². The number of rotatable bonds is 2. The van der Waals surface area contributed by atoms with Crippen molar-refractivity contribution in [3.05, 3.63) is 40.5 Å². The molecule has 1 fully saturated rings. The molecule has 94 valence electrons. The van der Waals surface area contributed by atoms with E-state index in [2.05, 4.69) is 4.90 Å². The van der Waals surface area contributed by atoms with Gasteiger partial charge in [-0.05, 0) is 30.5 Å². The summed E-state index contributed by atoms with van der Waals surface area (Å²) in [4.78, 5) is 14.1. The topological polar surface area (TPSA) is 29.5 Å². The molecule has 18 heavy (non-hydrogen) atoms. The molecule has 0 amide bonds. The molecule has 0 spiro atoms. The van der Waals surface area contributed by atoms with Gasteiger partial charge in [-0.3, -0.25) is 0 Å². The fourth-order valence-electron chi connectivity index (χ4n) is 2.53. The van der Waals surface area contributed by atoms with Gasteiger partial charge in [0.2, 0.25) is 0 Å². The molecular formula is C14H14ClNO2. The number of cyclic esters (lactones) is 1. The van der Waals surface area contributed by atoms with Gasteiger partial charge in [0, 0.05) is 18.1 Å². The van der Waals surface area contributed by atoms with Crippen molar-refractivity contribution in [3.63, 3.8) is 0 Å². The molecule has 1 saturated heterocycles. The third-order valence-electron chi connectivity index (χ3n) is 3.45. The van der Waals surface area contributed by atoms with E-state index in [1.54, 1.807) is 12.1 Å². The largest absolute Gasteiger partial charge is 0.456 e. The normalized spacial score (nSPS) is 19.6. The summed E-state index contributed by atoms with van der Waals surface area (Å²) in [5.41, 5.74) is 2.62. The minimum absolute atomic E-state index is 0.223. The average molecular weight is 264 g/mol. The fourth-order valence-corrected chi connectivity index (χ4v) is 2.66. The minimum atomic E-state index is -0.223. The number of nitrogens with zero attached hydrogens (tertiary/aromatic N) is 1. The molecule has 1 aromatic rings. The van der Waals surface area contributed by atoms with Crippen LogP contribution in [0.2, 0.25) is 5.02 Å². The first-order valence-corrected chi connectivity index (χ1v) is 6.54. The molecule has 3 nitrogen and oxygen atoms in total. The molecule has 1 aromatic carbocycles. The molecule has 2 aliphatic heterocycles. The van der Waals surface area contributed by atoms with Gasteiger partial charge >= 0.3 is 5.97 Å². The van der Waals surface area contributed by atoms with Crippen molar-refractivity contribution in [2.24, 2.45) is 0 Å². The van der Waals surface area contributed by atoms with Crippen molar-refractivity contribution in [1.29, 1.82) is 0 Å². The van der Waals surface area contributed by atoms with Crippen LogP contribution in [0.3, 0.4) is 0 Å². The van der Waals surface area contributed by atoms with Crippen LogP contribution in [0.15, 0.2) is 30.0 Å². The highest BCUT2D eigenvalue weighted by molar-refractivity contribution is 6.30. The lowest BCUT2D eigenvalue weighted by Crippen LogP contribution is -2.20. The summed E-state index contributed by atoms with van der Waals surface area (Å²) in [5.74, 6) is -0.223. The Morgan fingerprint density at radius 1 is 1.11 bits per heavy atom. The van der Waals surface area contributed by atoms with E-state index in [0.717, 1.165) is 24.4 Å². The van der Waals surface area contributed by atoms with Gasteiger partial charge in [-0.2, -0.15) is 0 Å². The van der Waals surface area contributed by atoms with Gasteiger partial charge in [0.05, 0.1) is 11.3 Å². The lowest BCUT2D eigenvalue weighted by Gasteiger charge is -2.18. The summed E-state index contributed by atoms with van der Waals surface area (Å²) in [6.07, 6.45) is 2.37. The third kappa shape index (κ3) is 1.99. The highest BCUT2D eigenvalue weighted by atomic mass is 35.5. The van der Waals surface area contributed by atoms with Crippen LogP contribution in [0.1, 0.15) is 18.4 Å². The highest BCUT2D eigenvalue weighted by Crippen LogP contribution is 2.31. The fraction of sp³-hybridized carbons (Fsp3) is 0.357. The quantitative estimate of drug-likeness (QED) is 0.769. The van der Waals surface area contributed by atoms with Crippen molar-refractivity contribution in [1.82, 2.24) is 4.90 Å². The Bertz CT molecular complexity index is 501. The van der Waals surface area contributed by atoms with E-state index in [1.807, 2.05) is 12.1 Å². The molecule has 0 atom stereocenters. The first-order valence-electron chi connectivity index (χ1n) is 6.17. The van der Waals surface area contributed by atoms with Crippen LogP contribution < -0.4 is 0 Å². The first-order chi connectivity index (χ1) is 8.75. The van der Waals surface area contributed by atoms with Gasteiger partial charge in [-0.1, -0.05) is 23.7 Å². The van der Waals surface area contributed by atoms with Crippen molar-refractivity contribution in [2.75, 3.05) is 19.7 Å². The lowest BCUT2D eigenvalue weighted by atomic mass is 10.0. The summed E-state index contributed by atoms with van der Waals surface area (Å²) in [7, 11) is 0. The van der Waals surface area contributed by atoms with Gasteiger partial charge < -0.3 is 9.64 Å². The standard InChI is InChI=1S/C14H14ClNO2/c15-11-5-3-10(4-6-11)13-12(9-18-14(13)17)16-7-1-2-8-16/h3-6H,1-2,7-9H2. The van der Waals surface area contributed by atoms with Crippen molar-refractivity contribution < 1.29 is 9.53 Å². The zero-order valence-corrected chi connectivity index (χ0v) is 10.7. The summed E-state index contributed by atoms with van der Waals surface area (Å²) in [5, 5.41) is 0.674. The van der Waals surface area contributed by atoms with E-state index in [4.69, 9.17) is 16.3 Å². The van der Waals surface area contributed by atoms with Gasteiger partial charge in [-0.15, -0.1) is 0 Å². The van der Waals surface area contributed by atoms with E-state index < -0.39 is 0 Å². The average Bonchev–Trinajstić information content (AvgIpc) is 2.99. The number of halogens is 1. The highest BCUT2D eigenvalue weighted by Gasteiger charge is 2.30. The van der Waals surface area contributed by atoms with Crippen molar-refractivity contribution in [2.45, 2.75) is 12.8 Å². The number of likely N-dealkylation sites (tertiary alicyclic amines) is 1. The SMILES string of the molecule is O=C1OCC(N2CCCC2)=C1c1ccc(Cl)cc1. The second-order valence-electron chi connectivity index (χ2n) is 4.60. The molecule has 4 heteroatoms. The molecule has 2 aliphatic rings. The zero-order chi connectivity index (χ0) is 12.5. The molecule has 0 aromatic heterocycles. The number of hydrogen-bond acceptors (Lipinski definition) is 3. The van der Waals surface area contributed by atoms with E-state index in [-0.39, 0.29) is 5.97 Å². The zero-order valence-electron chi connectivity index (χ0n) is 9.99. The second-order valence-corrected chi connectivity index (χ2v) is 5.04. The Morgan fingerprint density at radius 3 is 2.44 bits per heavy atom. The number of carbonyl (C=O) groups excluding carboxylic acids is 1. The van der Waals surface area contributed by atoms with Gasteiger partial charge in [0.15, 0.2) is 0 Å². The lowest BCUT2D eigenvalue weighted by molar-refractivity contribution is -0.134. The number of hydrogen-bond donors (Lipinski definition) is 0. The maximum absolute atomic E-state index is 11.9. The van der Waals surface area contributed by atoms with E-state index in [9.17, 15) is 4.79 Å². The Kier molecular flexibility index (Phi) is 3.00. The number of ether oxygens (including phenoxy) is 1. The van der Waals surface area contributed by atoms with Gasteiger partial charge in [-0.25, -0.2) is 4.79 Å². The molecule has 0 aliphatic carbocycles. The predicted molar refractivity (Wildman–Crippen MR) is 70.1 cm³/mol. The second kappa shape index (κ2) is 4.65. The molecule has 2 heterocycles. The van der Waals surface area contributed by atoms with E-state index in [0.29, 0.717) is 17.2 Å². The minimum Gasteiger partial charge on any atom is -0.456 e. The maximum atomic E-state index is 11.9. The molecule has 0 saturated carbocycles. The molecule has 0 N–H and O–H groups in total. The van der Waals surface area contributed by atoms with Crippen molar-refractivity contribution >= 4 is 23.1 Å². The van der Waals surface area contributed by atoms with Crippen molar-refractivity contribution in [3.8, 4) is 0 Å². The van der Waals surface area contributed by atoms with Crippen LogP contribution >= 0.6 is 11.6 Å². The number of benzene rings is 1. The molecule has 0 radical (unpaired) electrons. The van der Waals surface area contributed by atoms with Crippen LogP contribution in [0, 0.1) is 0 Å². The summed E-state index contributed by atoms with van der Waals surface area (Å²) >= 11 is 5.88. The van der Waals surface area contributed by atoms with E-state index >= 15 is 0 Å². The predicted octanol–water partition coefficient (Wildman–Crippen LogP) is 2.70. The van der Waals surface area contributed by atoms with Crippen LogP contribution in [0.5, 0.6) is 0 Å². The number of esters is 1. The maximum Gasteiger partial charge on any atom is 0.341 e. The van der Waals surface area contributed by atoms with Crippen LogP contribution in [0.4, 0.5) is 0 Å².